The van der Waals surface area contributed by atoms with Crippen LogP contribution >= 0.6 is 0 Å². The molecule has 1 fully saturated rings. The Morgan fingerprint density at radius 3 is 2.59 bits per heavy atom. The van der Waals surface area contributed by atoms with Gasteiger partial charge in [-0.15, -0.1) is 0 Å². The van der Waals surface area contributed by atoms with Crippen molar-refractivity contribution in [3.05, 3.63) is 34.4 Å². The summed E-state index contributed by atoms with van der Waals surface area (Å²) in [7, 11) is 1.56. The zero-order valence-electron chi connectivity index (χ0n) is 12.3. The van der Waals surface area contributed by atoms with Crippen LogP contribution in [0.15, 0.2) is 34.5 Å². The number of carbonyl (C=O) groups is 1. The van der Waals surface area contributed by atoms with E-state index in [2.05, 4.69) is 15.7 Å². The number of amides is 1. The van der Waals surface area contributed by atoms with Gasteiger partial charge in [0.1, 0.15) is 11.4 Å². The molecule has 22 heavy (non-hydrogen) atoms. The highest BCUT2D eigenvalue weighted by Gasteiger charge is 2.47. The van der Waals surface area contributed by atoms with Crippen LogP contribution in [0.4, 0.5) is 11.4 Å². The van der Waals surface area contributed by atoms with Crippen molar-refractivity contribution in [1.82, 2.24) is 4.90 Å². The Labute approximate surface area is 126 Å². The van der Waals surface area contributed by atoms with E-state index in [1.807, 2.05) is 0 Å². The van der Waals surface area contributed by atoms with E-state index in [1.54, 1.807) is 27.0 Å². The summed E-state index contributed by atoms with van der Waals surface area (Å²) < 4.78 is 0. The van der Waals surface area contributed by atoms with E-state index in [0.717, 1.165) is 0 Å². The molecule has 1 amide bonds. The Morgan fingerprint density at radius 2 is 2.00 bits per heavy atom. The molecule has 1 aromatic carbocycles. The van der Waals surface area contributed by atoms with E-state index in [9.17, 15) is 14.9 Å². The van der Waals surface area contributed by atoms with Gasteiger partial charge in [0.2, 0.25) is 0 Å². The molecule has 1 aliphatic heterocycles. The van der Waals surface area contributed by atoms with E-state index in [-0.39, 0.29) is 22.8 Å². The fraction of sp³-hybridized carbons (Fsp3) is 0.308. The number of carbonyl (C=O) groups excluding carboxylic acids is 1. The van der Waals surface area contributed by atoms with Gasteiger partial charge in [0.05, 0.1) is 10.5 Å². The van der Waals surface area contributed by atoms with Crippen LogP contribution in [0.25, 0.3) is 0 Å². The Bertz CT molecular complexity index is 695. The van der Waals surface area contributed by atoms with Gasteiger partial charge in [-0.2, -0.15) is 5.10 Å². The van der Waals surface area contributed by atoms with Gasteiger partial charge >= 0.3 is 0 Å². The normalized spacial score (nSPS) is 20.7. The van der Waals surface area contributed by atoms with Crippen molar-refractivity contribution in [2.75, 3.05) is 12.5 Å². The lowest BCUT2D eigenvalue weighted by Gasteiger charge is -2.25. The summed E-state index contributed by atoms with van der Waals surface area (Å²) in [5.41, 5.74) is 1.63. The predicted octanol–water partition coefficient (Wildman–Crippen LogP) is 1.44. The molecule has 1 heterocycles. The Morgan fingerprint density at radius 1 is 1.36 bits per heavy atom. The number of likely N-dealkylation sites (tertiary alicyclic amines) is 1. The Hall–Kier alpha value is -2.97. The molecule has 0 unspecified atom stereocenters. The predicted molar refractivity (Wildman–Crippen MR) is 80.2 cm³/mol. The van der Waals surface area contributed by atoms with Crippen LogP contribution in [0.5, 0.6) is 0 Å². The summed E-state index contributed by atoms with van der Waals surface area (Å²) >= 11 is 0. The minimum atomic E-state index is -0.824. The van der Waals surface area contributed by atoms with E-state index < -0.39 is 16.4 Å². The summed E-state index contributed by atoms with van der Waals surface area (Å²) in [4.78, 5) is 23.9. The number of benzene rings is 1. The maximum atomic E-state index is 12.2. The molecule has 0 radical (unpaired) electrons. The molecule has 0 aliphatic carbocycles. The molecule has 0 atom stereocenters. The number of rotatable bonds is 3. The summed E-state index contributed by atoms with van der Waals surface area (Å²) in [6.07, 6.45) is 0. The van der Waals surface area contributed by atoms with Gasteiger partial charge in [-0.05, 0) is 19.9 Å². The van der Waals surface area contributed by atoms with Crippen molar-refractivity contribution in [3.63, 3.8) is 0 Å². The van der Waals surface area contributed by atoms with Crippen molar-refractivity contribution in [1.29, 1.82) is 0 Å². The highest BCUT2D eigenvalue weighted by molar-refractivity contribution is 6.71. The average molecular weight is 305 g/mol. The largest absolute Gasteiger partial charge is 0.411 e. The number of nitro groups is 1. The van der Waals surface area contributed by atoms with E-state index >= 15 is 0 Å². The Kier molecular flexibility index (Phi) is 3.81. The zero-order valence-corrected chi connectivity index (χ0v) is 12.3. The summed E-state index contributed by atoms with van der Waals surface area (Å²) in [5, 5.41) is 27.1. The topological polar surface area (TPSA) is 120 Å². The lowest BCUT2D eigenvalue weighted by Crippen LogP contribution is -2.41. The fourth-order valence-electron chi connectivity index (χ4n) is 2.08. The molecule has 1 saturated heterocycles. The van der Waals surface area contributed by atoms with Crippen LogP contribution in [0.2, 0.25) is 0 Å². The number of nitrogens with zero attached hydrogens (tertiary/aromatic N) is 4. The number of oxime groups is 1. The summed E-state index contributed by atoms with van der Waals surface area (Å²) in [6.45, 7) is 3.40. The lowest BCUT2D eigenvalue weighted by molar-refractivity contribution is -0.384. The molecule has 9 heteroatoms. The maximum Gasteiger partial charge on any atom is 0.294 e. The first kappa shape index (κ1) is 15.4. The second-order valence-electron chi connectivity index (χ2n) is 5.22. The molecule has 2 rings (SSSR count). The van der Waals surface area contributed by atoms with Crippen LogP contribution in [0, 0.1) is 10.1 Å². The van der Waals surface area contributed by atoms with Crippen LogP contribution in [-0.2, 0) is 4.79 Å². The third-order valence-electron chi connectivity index (χ3n) is 3.64. The van der Waals surface area contributed by atoms with E-state index in [0.29, 0.717) is 0 Å². The molecule has 1 aromatic rings. The molecule has 0 saturated carbocycles. The minimum Gasteiger partial charge on any atom is -0.411 e. The standard InChI is InChI=1S/C13H15N5O4/c1-13(2)11(16-20)10(12(19)17(13)3)15-14-8-6-4-5-7-9(8)18(21)22/h4-7,14,20H,1-3H3/b15-10+,16-11-. The van der Waals surface area contributed by atoms with Crippen LogP contribution in [0.3, 0.4) is 0 Å². The quantitative estimate of drug-likeness (QED) is 0.497. The first-order valence-corrected chi connectivity index (χ1v) is 6.39. The van der Waals surface area contributed by atoms with Crippen molar-refractivity contribution in [2.24, 2.45) is 10.3 Å². The number of nitrogens with one attached hydrogen (secondary N) is 1. The molecule has 0 bridgehead atoms. The molecule has 116 valence electrons. The Balaban J connectivity index is 2.39. The number of nitro benzene ring substituents is 1. The van der Waals surface area contributed by atoms with Gasteiger partial charge in [0.25, 0.3) is 11.6 Å². The van der Waals surface area contributed by atoms with Crippen molar-refractivity contribution in [2.45, 2.75) is 19.4 Å². The van der Waals surface area contributed by atoms with E-state index in [4.69, 9.17) is 5.21 Å². The van der Waals surface area contributed by atoms with Crippen molar-refractivity contribution in [3.8, 4) is 0 Å². The average Bonchev–Trinajstić information content (AvgIpc) is 2.65. The van der Waals surface area contributed by atoms with Gasteiger partial charge in [-0.3, -0.25) is 20.3 Å². The monoisotopic (exact) mass is 305 g/mol. The molecule has 0 aromatic heterocycles. The van der Waals surface area contributed by atoms with Crippen LogP contribution in [-0.4, -0.2) is 44.9 Å². The molecule has 0 spiro atoms. The van der Waals surface area contributed by atoms with Gasteiger partial charge in [0, 0.05) is 13.1 Å². The third kappa shape index (κ3) is 2.36. The second kappa shape index (κ2) is 5.43. The molecule has 2 N–H and O–H groups in total. The van der Waals surface area contributed by atoms with Crippen LogP contribution in [0.1, 0.15) is 13.8 Å². The molecule has 9 nitrogen and oxygen atoms in total. The third-order valence-corrected chi connectivity index (χ3v) is 3.64. The first-order valence-electron chi connectivity index (χ1n) is 6.39. The van der Waals surface area contributed by atoms with Gasteiger partial charge in [-0.1, -0.05) is 17.3 Å². The highest BCUT2D eigenvalue weighted by Crippen LogP contribution is 2.26. The van der Waals surface area contributed by atoms with Crippen molar-refractivity contribution >= 4 is 28.7 Å². The van der Waals surface area contributed by atoms with Crippen LogP contribution < -0.4 is 5.43 Å². The highest BCUT2D eigenvalue weighted by atomic mass is 16.6. The number of para-hydroxylation sites is 2. The minimum absolute atomic E-state index is 0.0890. The summed E-state index contributed by atoms with van der Waals surface area (Å²) in [6, 6.07) is 5.90. The number of hydrogen-bond acceptors (Lipinski definition) is 7. The molecule has 1 aliphatic rings. The number of hydrazone groups is 1. The SMILES string of the molecule is CN1C(=O)C(=N/Nc2ccccc2[N+](=O)[O-])/C(=N/O)C1(C)C. The lowest BCUT2D eigenvalue weighted by atomic mass is 9.99. The van der Waals surface area contributed by atoms with Gasteiger partial charge < -0.3 is 10.1 Å². The van der Waals surface area contributed by atoms with E-state index in [1.165, 1.54) is 23.1 Å². The smallest absolute Gasteiger partial charge is 0.294 e. The van der Waals surface area contributed by atoms with Gasteiger partial charge in [0.15, 0.2) is 5.71 Å². The number of hydrogen-bond donors (Lipinski definition) is 2. The molecular weight excluding hydrogens is 290 g/mol. The van der Waals surface area contributed by atoms with Gasteiger partial charge in [-0.25, -0.2) is 0 Å². The number of anilines is 1. The summed E-state index contributed by atoms with van der Waals surface area (Å²) in [5.74, 6) is -0.441. The van der Waals surface area contributed by atoms with Crippen molar-refractivity contribution < 1.29 is 14.9 Å². The molecular formula is C13H15N5O4. The first-order chi connectivity index (χ1) is 10.3. The second-order valence-corrected chi connectivity index (χ2v) is 5.22. The fourth-order valence-corrected chi connectivity index (χ4v) is 2.08. The zero-order chi connectivity index (χ0) is 16.5. The maximum absolute atomic E-state index is 12.2.